The van der Waals surface area contributed by atoms with E-state index < -0.39 is 0 Å². The monoisotopic (exact) mass is 586 g/mol. The zero-order valence-corrected chi connectivity index (χ0v) is 25.5. The van der Waals surface area contributed by atoms with Crippen molar-refractivity contribution in [2.45, 2.75) is 18.8 Å². The van der Waals surface area contributed by atoms with Gasteiger partial charge in [-0.15, -0.1) is 0 Å². The van der Waals surface area contributed by atoms with Gasteiger partial charge in [-0.05, 0) is 104 Å². The van der Waals surface area contributed by atoms with Gasteiger partial charge in [0.15, 0.2) is 0 Å². The molecule has 0 fully saturated rings. The number of fused-ring (bicyclic) bond motifs is 4. The van der Waals surface area contributed by atoms with Crippen LogP contribution >= 0.6 is 0 Å². The molecule has 9 rings (SSSR count). The minimum Gasteiger partial charge on any atom is -0.295 e. The first-order valence-corrected chi connectivity index (χ1v) is 15.9. The van der Waals surface area contributed by atoms with Crippen LogP contribution in [-0.2, 0) is 5.41 Å². The van der Waals surface area contributed by atoms with Gasteiger partial charge in [0.05, 0.1) is 16.4 Å². The zero-order valence-electron chi connectivity index (χ0n) is 25.5. The molecular weight excluding hydrogens is 556 g/mol. The number of para-hydroxylation sites is 2. The highest BCUT2D eigenvalue weighted by atomic mass is 15.1. The Balaban J connectivity index is 1.25. The van der Waals surface area contributed by atoms with Crippen LogP contribution in [-0.4, -0.2) is 9.55 Å². The summed E-state index contributed by atoms with van der Waals surface area (Å²) in [6.45, 7) is 2.20. The molecule has 0 radical (unpaired) electrons. The molecule has 216 valence electrons. The molecule has 0 amide bonds. The van der Waals surface area contributed by atoms with Gasteiger partial charge in [0.2, 0.25) is 0 Å². The van der Waals surface area contributed by atoms with Gasteiger partial charge >= 0.3 is 0 Å². The van der Waals surface area contributed by atoms with Crippen molar-refractivity contribution in [1.29, 1.82) is 0 Å². The highest BCUT2D eigenvalue weighted by molar-refractivity contribution is 6.21. The summed E-state index contributed by atoms with van der Waals surface area (Å²) < 4.78 is 2.30. The summed E-state index contributed by atoms with van der Waals surface area (Å²) in [5, 5.41) is 7.53. The number of hydrogen-bond acceptors (Lipinski definition) is 1. The summed E-state index contributed by atoms with van der Waals surface area (Å²) in [6, 6.07) is 50.6. The maximum absolute atomic E-state index is 5.13. The lowest BCUT2D eigenvalue weighted by Gasteiger charge is -2.24. The van der Waals surface area contributed by atoms with Gasteiger partial charge in [-0.25, -0.2) is 4.98 Å². The average Bonchev–Trinajstić information content (AvgIpc) is 3.52. The Bertz CT molecular complexity index is 2520. The normalized spacial score (nSPS) is 15.8. The van der Waals surface area contributed by atoms with Crippen molar-refractivity contribution < 1.29 is 0 Å². The molecule has 2 heteroatoms. The molecule has 0 saturated carbocycles. The molecule has 0 N–H and O–H groups in total. The van der Waals surface area contributed by atoms with E-state index >= 15 is 0 Å². The SMILES string of the molecule is CC1(c2nc3ccccc3n2-c2ccc(-c3c4ccccc4c(-c4ccc5ccccc5c4)c4ccccc34)cc2)C#CC=CC1. The lowest BCUT2D eigenvalue weighted by atomic mass is 9.84. The predicted octanol–water partition coefficient (Wildman–Crippen LogP) is 11.0. The van der Waals surface area contributed by atoms with Gasteiger partial charge in [-0.3, -0.25) is 4.57 Å². The predicted molar refractivity (Wildman–Crippen MR) is 193 cm³/mol. The molecule has 2 nitrogen and oxygen atoms in total. The van der Waals surface area contributed by atoms with Gasteiger partial charge in [0, 0.05) is 5.69 Å². The van der Waals surface area contributed by atoms with Crippen molar-refractivity contribution in [2.24, 2.45) is 0 Å². The molecule has 1 aromatic heterocycles. The molecule has 0 saturated heterocycles. The molecule has 46 heavy (non-hydrogen) atoms. The molecule has 1 heterocycles. The quantitative estimate of drug-likeness (QED) is 0.148. The van der Waals surface area contributed by atoms with Crippen LogP contribution in [0.1, 0.15) is 19.2 Å². The maximum atomic E-state index is 5.13. The molecule has 0 aliphatic heterocycles. The molecule has 8 aromatic rings. The van der Waals surface area contributed by atoms with E-state index in [2.05, 4.69) is 169 Å². The fraction of sp³-hybridized carbons (Fsp3) is 0.0682. The molecule has 1 atom stereocenters. The highest BCUT2D eigenvalue weighted by Crippen LogP contribution is 2.44. The van der Waals surface area contributed by atoms with E-state index in [4.69, 9.17) is 4.98 Å². The van der Waals surface area contributed by atoms with Crippen molar-refractivity contribution in [2.75, 3.05) is 0 Å². The van der Waals surface area contributed by atoms with Crippen LogP contribution in [0.5, 0.6) is 0 Å². The Labute approximate surface area is 268 Å². The highest BCUT2D eigenvalue weighted by Gasteiger charge is 2.31. The van der Waals surface area contributed by atoms with E-state index in [9.17, 15) is 0 Å². The first-order chi connectivity index (χ1) is 22.7. The number of rotatable bonds is 4. The Morgan fingerprint density at radius 3 is 1.87 bits per heavy atom. The van der Waals surface area contributed by atoms with Gasteiger partial charge in [0.1, 0.15) is 5.82 Å². The minimum absolute atomic E-state index is 0.364. The largest absolute Gasteiger partial charge is 0.295 e. The fourth-order valence-electron chi connectivity index (χ4n) is 7.28. The van der Waals surface area contributed by atoms with E-state index in [1.165, 1.54) is 54.6 Å². The fourth-order valence-corrected chi connectivity index (χ4v) is 7.28. The lowest BCUT2D eigenvalue weighted by molar-refractivity contribution is 0.573. The first-order valence-electron chi connectivity index (χ1n) is 15.9. The summed E-state index contributed by atoms with van der Waals surface area (Å²) in [6.07, 6.45) is 4.94. The van der Waals surface area contributed by atoms with Crippen molar-refractivity contribution in [1.82, 2.24) is 9.55 Å². The molecule has 1 unspecified atom stereocenters. The summed E-state index contributed by atoms with van der Waals surface area (Å²) in [5.41, 5.74) is 7.78. The second-order valence-corrected chi connectivity index (χ2v) is 12.4. The third kappa shape index (κ3) is 4.10. The lowest BCUT2D eigenvalue weighted by Crippen LogP contribution is -2.25. The van der Waals surface area contributed by atoms with E-state index in [1.54, 1.807) is 0 Å². The maximum Gasteiger partial charge on any atom is 0.132 e. The molecule has 7 aromatic carbocycles. The molecular formula is C44H30N2. The molecule has 0 bridgehead atoms. The van der Waals surface area contributed by atoms with Gasteiger partial charge in [0.25, 0.3) is 0 Å². The third-order valence-electron chi connectivity index (χ3n) is 9.51. The van der Waals surface area contributed by atoms with Crippen molar-refractivity contribution in [3.63, 3.8) is 0 Å². The van der Waals surface area contributed by atoms with E-state index in [0.29, 0.717) is 0 Å². The van der Waals surface area contributed by atoms with Crippen LogP contribution in [0.15, 0.2) is 152 Å². The molecule has 1 aliphatic carbocycles. The standard InChI is InChI=1S/C44H30N2/c1-44(27-11-2-12-28-44)43-45-39-19-9-10-20-40(39)46(43)34-25-23-31(24-26-34)41-35-15-5-7-17-37(35)42(38-18-8-6-16-36(38)41)33-22-21-30-13-3-4-14-32(30)29-33/h2-11,13-26,29H,27H2,1H3. The van der Waals surface area contributed by atoms with Crippen molar-refractivity contribution in [3.8, 4) is 39.8 Å². The Morgan fingerprint density at radius 1 is 0.609 bits per heavy atom. The van der Waals surface area contributed by atoms with Crippen LogP contribution in [0.2, 0.25) is 0 Å². The number of nitrogens with zero attached hydrogens (tertiary/aromatic N) is 2. The van der Waals surface area contributed by atoms with E-state index in [0.717, 1.165) is 29.0 Å². The van der Waals surface area contributed by atoms with Crippen LogP contribution in [0, 0.1) is 11.8 Å². The van der Waals surface area contributed by atoms with Crippen LogP contribution < -0.4 is 0 Å². The number of allylic oxidation sites excluding steroid dienone is 2. The number of aromatic nitrogens is 2. The van der Waals surface area contributed by atoms with Crippen molar-refractivity contribution in [3.05, 3.63) is 158 Å². The number of imidazole rings is 1. The average molecular weight is 587 g/mol. The smallest absolute Gasteiger partial charge is 0.132 e. The molecule has 0 spiro atoms. The third-order valence-corrected chi connectivity index (χ3v) is 9.51. The van der Waals surface area contributed by atoms with Gasteiger partial charge in [-0.1, -0.05) is 127 Å². The summed E-state index contributed by atoms with van der Waals surface area (Å²) >= 11 is 0. The minimum atomic E-state index is -0.364. The summed E-state index contributed by atoms with van der Waals surface area (Å²) in [7, 11) is 0. The van der Waals surface area contributed by atoms with Crippen LogP contribution in [0.4, 0.5) is 0 Å². The number of benzene rings is 7. The Kier molecular flexibility index (Phi) is 5.95. The zero-order chi connectivity index (χ0) is 30.7. The second-order valence-electron chi connectivity index (χ2n) is 12.4. The van der Waals surface area contributed by atoms with Gasteiger partial charge < -0.3 is 0 Å². The Morgan fingerprint density at radius 2 is 1.20 bits per heavy atom. The number of hydrogen-bond donors (Lipinski definition) is 0. The van der Waals surface area contributed by atoms with Crippen LogP contribution in [0.25, 0.3) is 71.3 Å². The topological polar surface area (TPSA) is 17.8 Å². The van der Waals surface area contributed by atoms with E-state index in [-0.39, 0.29) is 5.41 Å². The second kappa shape index (κ2) is 10.3. The van der Waals surface area contributed by atoms with Crippen LogP contribution in [0.3, 0.4) is 0 Å². The van der Waals surface area contributed by atoms with Crippen molar-refractivity contribution >= 4 is 43.4 Å². The summed E-state index contributed by atoms with van der Waals surface area (Å²) in [5.74, 6) is 7.65. The summed E-state index contributed by atoms with van der Waals surface area (Å²) in [4.78, 5) is 5.13. The van der Waals surface area contributed by atoms with E-state index in [1.807, 2.05) is 6.08 Å². The molecule has 1 aliphatic rings. The van der Waals surface area contributed by atoms with Gasteiger partial charge in [-0.2, -0.15) is 0 Å². The Hall–Kier alpha value is -5.91. The first kappa shape index (κ1) is 26.5.